The lowest BCUT2D eigenvalue weighted by molar-refractivity contribution is -0.137. The van der Waals surface area contributed by atoms with E-state index in [0.29, 0.717) is 6.42 Å². The average molecular weight is 263 g/mol. The fourth-order valence-electron chi connectivity index (χ4n) is 2.42. The van der Waals surface area contributed by atoms with Crippen LogP contribution in [0.15, 0.2) is 48.5 Å². The summed E-state index contributed by atoms with van der Waals surface area (Å²) in [5.74, 6) is 0. The molecule has 1 atom stereocenters. The second kappa shape index (κ2) is 4.30. The standard InChI is InChI=1S/C15H12F3N/c16-15(17,18)12-6-7-13-11(8-12)9-14(19-13)10-4-2-1-3-5-10/h1-8,14,19H,9H2. The summed E-state index contributed by atoms with van der Waals surface area (Å²) in [5.41, 5.74) is 2.03. The quantitative estimate of drug-likeness (QED) is 0.803. The fourth-order valence-corrected chi connectivity index (χ4v) is 2.42. The molecule has 3 rings (SSSR count). The van der Waals surface area contributed by atoms with Gasteiger partial charge < -0.3 is 5.32 Å². The van der Waals surface area contributed by atoms with Crippen LogP contribution < -0.4 is 5.32 Å². The molecule has 2 aromatic rings. The van der Waals surface area contributed by atoms with Crippen molar-refractivity contribution >= 4 is 5.69 Å². The second-order valence-corrected chi connectivity index (χ2v) is 4.68. The Kier molecular flexibility index (Phi) is 2.73. The van der Waals surface area contributed by atoms with Crippen LogP contribution in [0.2, 0.25) is 0 Å². The van der Waals surface area contributed by atoms with E-state index in [9.17, 15) is 13.2 Å². The van der Waals surface area contributed by atoms with Crippen LogP contribution in [0.5, 0.6) is 0 Å². The summed E-state index contributed by atoms with van der Waals surface area (Å²) < 4.78 is 38.0. The molecule has 1 aliphatic rings. The van der Waals surface area contributed by atoms with Crippen LogP contribution in [0.25, 0.3) is 0 Å². The van der Waals surface area contributed by atoms with Crippen molar-refractivity contribution in [2.75, 3.05) is 5.32 Å². The van der Waals surface area contributed by atoms with Crippen LogP contribution >= 0.6 is 0 Å². The molecule has 1 aliphatic heterocycles. The number of hydrogen-bond acceptors (Lipinski definition) is 1. The molecule has 2 aromatic carbocycles. The summed E-state index contributed by atoms with van der Waals surface area (Å²) in [6, 6.07) is 13.7. The Morgan fingerprint density at radius 3 is 2.42 bits per heavy atom. The summed E-state index contributed by atoms with van der Waals surface area (Å²) in [6.45, 7) is 0. The molecule has 98 valence electrons. The van der Waals surface area contributed by atoms with Gasteiger partial charge in [0.1, 0.15) is 0 Å². The maximum absolute atomic E-state index is 12.7. The summed E-state index contributed by atoms with van der Waals surface area (Å²) in [5, 5.41) is 3.26. The lowest BCUT2D eigenvalue weighted by Crippen LogP contribution is -2.04. The molecule has 0 spiro atoms. The zero-order chi connectivity index (χ0) is 13.5. The van der Waals surface area contributed by atoms with Gasteiger partial charge in [0.2, 0.25) is 0 Å². The molecule has 0 aliphatic carbocycles. The molecule has 0 saturated heterocycles. The highest BCUT2D eigenvalue weighted by Gasteiger charge is 2.32. The van der Waals surface area contributed by atoms with Crippen molar-refractivity contribution < 1.29 is 13.2 Å². The molecule has 1 N–H and O–H groups in total. The highest BCUT2D eigenvalue weighted by atomic mass is 19.4. The minimum absolute atomic E-state index is 0.0553. The second-order valence-electron chi connectivity index (χ2n) is 4.68. The molecule has 1 heterocycles. The first-order chi connectivity index (χ1) is 9.04. The molecule has 0 amide bonds. The Hall–Kier alpha value is -1.97. The number of benzene rings is 2. The third-order valence-electron chi connectivity index (χ3n) is 3.39. The third kappa shape index (κ3) is 2.30. The molecule has 0 aromatic heterocycles. The molecule has 1 unspecified atom stereocenters. The third-order valence-corrected chi connectivity index (χ3v) is 3.39. The Bertz CT molecular complexity index is 590. The van der Waals surface area contributed by atoms with Gasteiger partial charge >= 0.3 is 6.18 Å². The predicted molar refractivity (Wildman–Crippen MR) is 68.0 cm³/mol. The molecule has 19 heavy (non-hydrogen) atoms. The maximum Gasteiger partial charge on any atom is 0.416 e. The fraction of sp³-hybridized carbons (Fsp3) is 0.200. The van der Waals surface area contributed by atoms with Crippen molar-refractivity contribution in [3.05, 3.63) is 65.2 Å². The maximum atomic E-state index is 12.7. The summed E-state index contributed by atoms with van der Waals surface area (Å²) in [7, 11) is 0. The number of halogens is 3. The molecular formula is C15H12F3N. The minimum Gasteiger partial charge on any atom is -0.378 e. The lowest BCUT2D eigenvalue weighted by atomic mass is 10.0. The normalized spacial score (nSPS) is 17.9. The van der Waals surface area contributed by atoms with Crippen LogP contribution in [0.3, 0.4) is 0 Å². The van der Waals surface area contributed by atoms with E-state index in [4.69, 9.17) is 0 Å². The zero-order valence-electron chi connectivity index (χ0n) is 10.0. The van der Waals surface area contributed by atoms with Gasteiger partial charge in [0.05, 0.1) is 11.6 Å². The predicted octanol–water partition coefficient (Wildman–Crippen LogP) is 4.41. The number of alkyl halides is 3. The van der Waals surface area contributed by atoms with E-state index in [1.807, 2.05) is 30.3 Å². The van der Waals surface area contributed by atoms with Gasteiger partial charge in [-0.15, -0.1) is 0 Å². The molecule has 0 fully saturated rings. The molecule has 1 nitrogen and oxygen atoms in total. The molecule has 0 bridgehead atoms. The first-order valence-electron chi connectivity index (χ1n) is 6.05. The van der Waals surface area contributed by atoms with Crippen molar-refractivity contribution in [3.63, 3.8) is 0 Å². The van der Waals surface area contributed by atoms with Crippen molar-refractivity contribution in [2.24, 2.45) is 0 Å². The topological polar surface area (TPSA) is 12.0 Å². The van der Waals surface area contributed by atoms with Gasteiger partial charge in [-0.05, 0) is 35.7 Å². The van der Waals surface area contributed by atoms with Gasteiger partial charge in [-0.1, -0.05) is 30.3 Å². The number of hydrogen-bond donors (Lipinski definition) is 1. The summed E-state index contributed by atoms with van der Waals surface area (Å²) in [6.07, 6.45) is -3.69. The Morgan fingerprint density at radius 2 is 1.74 bits per heavy atom. The van der Waals surface area contributed by atoms with Crippen LogP contribution in [0.1, 0.15) is 22.7 Å². The zero-order valence-corrected chi connectivity index (χ0v) is 10.0. The van der Waals surface area contributed by atoms with Crippen LogP contribution in [-0.4, -0.2) is 0 Å². The van der Waals surface area contributed by atoms with Crippen molar-refractivity contribution in [1.29, 1.82) is 0 Å². The van der Waals surface area contributed by atoms with E-state index in [1.54, 1.807) is 0 Å². The van der Waals surface area contributed by atoms with Gasteiger partial charge in [-0.25, -0.2) is 0 Å². The van der Waals surface area contributed by atoms with E-state index < -0.39 is 11.7 Å². The summed E-state index contributed by atoms with van der Waals surface area (Å²) in [4.78, 5) is 0. The minimum atomic E-state index is -4.28. The van der Waals surface area contributed by atoms with E-state index in [-0.39, 0.29) is 6.04 Å². The van der Waals surface area contributed by atoms with Gasteiger partial charge in [0.25, 0.3) is 0 Å². The molecule has 4 heteroatoms. The first kappa shape index (κ1) is 12.1. The van der Waals surface area contributed by atoms with Crippen molar-refractivity contribution in [3.8, 4) is 0 Å². The van der Waals surface area contributed by atoms with Gasteiger partial charge in [0.15, 0.2) is 0 Å². The average Bonchev–Trinajstić information content (AvgIpc) is 2.81. The first-order valence-corrected chi connectivity index (χ1v) is 6.05. The smallest absolute Gasteiger partial charge is 0.378 e. The Morgan fingerprint density at radius 1 is 1.00 bits per heavy atom. The summed E-state index contributed by atoms with van der Waals surface area (Å²) >= 11 is 0. The molecule has 0 saturated carbocycles. The lowest BCUT2D eigenvalue weighted by Gasteiger charge is -2.11. The molecular weight excluding hydrogens is 251 g/mol. The van der Waals surface area contributed by atoms with Crippen LogP contribution in [0, 0.1) is 0 Å². The van der Waals surface area contributed by atoms with E-state index in [0.717, 1.165) is 22.9 Å². The van der Waals surface area contributed by atoms with Crippen LogP contribution in [-0.2, 0) is 12.6 Å². The number of nitrogens with one attached hydrogen (secondary N) is 1. The van der Waals surface area contributed by atoms with E-state index >= 15 is 0 Å². The van der Waals surface area contributed by atoms with E-state index in [1.165, 1.54) is 12.1 Å². The number of rotatable bonds is 1. The highest BCUT2D eigenvalue weighted by molar-refractivity contribution is 5.59. The monoisotopic (exact) mass is 263 g/mol. The Labute approximate surface area is 109 Å². The Balaban J connectivity index is 1.89. The largest absolute Gasteiger partial charge is 0.416 e. The van der Waals surface area contributed by atoms with E-state index in [2.05, 4.69) is 5.32 Å². The van der Waals surface area contributed by atoms with Gasteiger partial charge in [0, 0.05) is 5.69 Å². The van der Waals surface area contributed by atoms with Crippen LogP contribution in [0.4, 0.5) is 18.9 Å². The van der Waals surface area contributed by atoms with Gasteiger partial charge in [-0.3, -0.25) is 0 Å². The number of fused-ring (bicyclic) bond motifs is 1. The van der Waals surface area contributed by atoms with Crippen molar-refractivity contribution in [2.45, 2.75) is 18.6 Å². The number of anilines is 1. The molecule has 0 radical (unpaired) electrons. The SMILES string of the molecule is FC(F)(F)c1ccc2c(c1)CC(c1ccccc1)N2. The van der Waals surface area contributed by atoms with Gasteiger partial charge in [-0.2, -0.15) is 13.2 Å². The van der Waals surface area contributed by atoms with Crippen molar-refractivity contribution in [1.82, 2.24) is 0 Å². The highest BCUT2D eigenvalue weighted by Crippen LogP contribution is 2.38.